The third-order valence-corrected chi connectivity index (χ3v) is 3.23. The zero-order valence-corrected chi connectivity index (χ0v) is 10.8. The topological polar surface area (TPSA) is 76.7 Å². The highest BCUT2D eigenvalue weighted by molar-refractivity contribution is 5.76. The summed E-state index contributed by atoms with van der Waals surface area (Å²) in [7, 11) is 0. The Labute approximate surface area is 114 Å². The zero-order valence-electron chi connectivity index (χ0n) is 10.8. The monoisotopic (exact) mass is 272 g/mol. The van der Waals surface area contributed by atoms with Gasteiger partial charge in [0.25, 0.3) is 0 Å². The molecule has 0 amide bonds. The predicted octanol–water partition coefficient (Wildman–Crippen LogP) is 2.09. The molecule has 0 saturated heterocycles. The molecule has 1 aliphatic rings. The van der Waals surface area contributed by atoms with Crippen LogP contribution >= 0.6 is 0 Å². The number of carbonyl (C=O) groups is 1. The molecule has 0 saturated carbocycles. The summed E-state index contributed by atoms with van der Waals surface area (Å²) in [5.74, 6) is -0.0804. The number of aryl methyl sites for hydroxylation is 1. The minimum atomic E-state index is -0.484. The van der Waals surface area contributed by atoms with Crippen molar-refractivity contribution in [1.82, 2.24) is 0 Å². The van der Waals surface area contributed by atoms with Gasteiger partial charge in [-0.05, 0) is 24.6 Å². The molecule has 1 N–H and O–H groups in total. The van der Waals surface area contributed by atoms with Crippen LogP contribution in [0.2, 0.25) is 0 Å². The summed E-state index contributed by atoms with van der Waals surface area (Å²) in [6, 6.07) is 7.83. The van der Waals surface area contributed by atoms with Crippen LogP contribution in [0.15, 0.2) is 39.5 Å². The summed E-state index contributed by atoms with van der Waals surface area (Å²) in [5, 5.41) is 9.56. The van der Waals surface area contributed by atoms with Crippen LogP contribution in [0.1, 0.15) is 29.4 Å². The molecule has 1 aromatic carbocycles. The Bertz CT molecular complexity index is 744. The van der Waals surface area contributed by atoms with E-state index >= 15 is 0 Å². The van der Waals surface area contributed by atoms with E-state index in [2.05, 4.69) is 0 Å². The largest absolute Gasteiger partial charge is 0.508 e. The summed E-state index contributed by atoms with van der Waals surface area (Å²) < 4.78 is 10.6. The summed E-state index contributed by atoms with van der Waals surface area (Å²) in [5.41, 5.74) is 0.332. The van der Waals surface area contributed by atoms with Gasteiger partial charge >= 0.3 is 5.97 Å². The zero-order chi connectivity index (χ0) is 14.3. The van der Waals surface area contributed by atoms with Crippen LogP contribution in [0.4, 0.5) is 0 Å². The maximum Gasteiger partial charge on any atom is 0.312 e. The average molecular weight is 272 g/mol. The maximum absolute atomic E-state index is 11.9. The number of hydrogen-bond donors (Lipinski definition) is 1. The fraction of sp³-hybridized carbons (Fsp3) is 0.200. The molecular weight excluding hydrogens is 260 g/mol. The first-order chi connectivity index (χ1) is 9.54. The first-order valence-electron chi connectivity index (χ1n) is 6.19. The van der Waals surface area contributed by atoms with Crippen molar-refractivity contribution in [1.29, 1.82) is 0 Å². The van der Waals surface area contributed by atoms with Crippen molar-refractivity contribution in [3.8, 4) is 11.5 Å². The van der Waals surface area contributed by atoms with Crippen LogP contribution in [0, 0.1) is 6.92 Å². The van der Waals surface area contributed by atoms with Crippen molar-refractivity contribution in [3.05, 3.63) is 57.6 Å². The molecule has 5 heteroatoms. The molecule has 1 aliphatic heterocycles. The minimum absolute atomic E-state index is 0.0554. The SMILES string of the molecule is Cc1cc(=O)c2c(o1)C(c1cccc(O)c1)CC(=O)O2. The lowest BCUT2D eigenvalue weighted by Crippen LogP contribution is -2.25. The Morgan fingerprint density at radius 2 is 2.05 bits per heavy atom. The van der Waals surface area contributed by atoms with Gasteiger partial charge < -0.3 is 14.3 Å². The number of aromatic hydroxyl groups is 1. The van der Waals surface area contributed by atoms with E-state index in [-0.39, 0.29) is 23.3 Å². The highest BCUT2D eigenvalue weighted by Gasteiger charge is 2.33. The lowest BCUT2D eigenvalue weighted by atomic mass is 9.90. The van der Waals surface area contributed by atoms with Crippen LogP contribution < -0.4 is 10.2 Å². The molecule has 0 fully saturated rings. The number of ether oxygens (including phenoxy) is 1. The Morgan fingerprint density at radius 3 is 2.80 bits per heavy atom. The Hall–Kier alpha value is -2.56. The fourth-order valence-electron chi connectivity index (χ4n) is 2.38. The molecule has 2 aromatic rings. The predicted molar refractivity (Wildman–Crippen MR) is 69.9 cm³/mol. The molecule has 3 rings (SSSR count). The number of hydrogen-bond acceptors (Lipinski definition) is 5. The van der Waals surface area contributed by atoms with Crippen LogP contribution in [0.3, 0.4) is 0 Å². The molecule has 1 atom stereocenters. The summed E-state index contributed by atoms with van der Waals surface area (Å²) >= 11 is 0. The van der Waals surface area contributed by atoms with E-state index < -0.39 is 11.9 Å². The molecular formula is C15H12O5. The van der Waals surface area contributed by atoms with Gasteiger partial charge in [-0.1, -0.05) is 12.1 Å². The van der Waals surface area contributed by atoms with Gasteiger partial charge in [0.15, 0.2) is 5.76 Å². The Kier molecular flexibility index (Phi) is 2.82. The van der Waals surface area contributed by atoms with E-state index in [4.69, 9.17) is 9.15 Å². The average Bonchev–Trinajstić information content (AvgIpc) is 2.39. The quantitative estimate of drug-likeness (QED) is 0.804. The first-order valence-corrected chi connectivity index (χ1v) is 6.19. The molecule has 0 radical (unpaired) electrons. The van der Waals surface area contributed by atoms with E-state index in [0.29, 0.717) is 17.1 Å². The number of esters is 1. The van der Waals surface area contributed by atoms with Crippen molar-refractivity contribution in [2.75, 3.05) is 0 Å². The second-order valence-electron chi connectivity index (χ2n) is 4.74. The van der Waals surface area contributed by atoms with E-state index in [9.17, 15) is 14.7 Å². The summed E-state index contributed by atoms with van der Waals surface area (Å²) in [4.78, 5) is 23.6. The van der Waals surface area contributed by atoms with Crippen molar-refractivity contribution >= 4 is 5.97 Å². The third-order valence-electron chi connectivity index (χ3n) is 3.23. The first kappa shape index (κ1) is 12.5. The smallest absolute Gasteiger partial charge is 0.312 e. The second-order valence-corrected chi connectivity index (χ2v) is 4.74. The number of rotatable bonds is 1. The fourth-order valence-corrected chi connectivity index (χ4v) is 2.38. The van der Waals surface area contributed by atoms with Gasteiger partial charge in [0.2, 0.25) is 11.2 Å². The molecule has 1 aromatic heterocycles. The number of phenolic OH excluding ortho intramolecular Hbond substituents is 1. The summed E-state index contributed by atoms with van der Waals surface area (Å²) in [6.07, 6.45) is 0.0723. The number of phenols is 1. The van der Waals surface area contributed by atoms with Gasteiger partial charge in [0.1, 0.15) is 11.5 Å². The molecule has 5 nitrogen and oxygen atoms in total. The number of fused-ring (bicyclic) bond motifs is 1. The van der Waals surface area contributed by atoms with E-state index in [1.54, 1.807) is 25.1 Å². The highest BCUT2D eigenvalue weighted by Crippen LogP contribution is 2.37. The van der Waals surface area contributed by atoms with Crippen molar-refractivity contribution < 1.29 is 19.1 Å². The van der Waals surface area contributed by atoms with Gasteiger partial charge in [0.05, 0.1) is 12.3 Å². The van der Waals surface area contributed by atoms with Gasteiger partial charge in [-0.25, -0.2) is 0 Å². The molecule has 0 aliphatic carbocycles. The molecule has 102 valence electrons. The van der Waals surface area contributed by atoms with Crippen molar-refractivity contribution in [2.24, 2.45) is 0 Å². The molecule has 0 spiro atoms. The van der Waals surface area contributed by atoms with Crippen molar-refractivity contribution in [2.45, 2.75) is 19.3 Å². The lowest BCUT2D eigenvalue weighted by Gasteiger charge is -2.23. The Morgan fingerprint density at radius 1 is 1.25 bits per heavy atom. The third kappa shape index (κ3) is 2.07. The van der Waals surface area contributed by atoms with Gasteiger partial charge in [0, 0.05) is 6.07 Å². The van der Waals surface area contributed by atoms with E-state index in [0.717, 1.165) is 0 Å². The molecule has 2 heterocycles. The lowest BCUT2D eigenvalue weighted by molar-refractivity contribution is -0.136. The normalized spacial score (nSPS) is 17.4. The van der Waals surface area contributed by atoms with Crippen LogP contribution in [-0.4, -0.2) is 11.1 Å². The number of benzene rings is 1. The van der Waals surface area contributed by atoms with Gasteiger partial charge in [-0.15, -0.1) is 0 Å². The second kappa shape index (κ2) is 4.52. The van der Waals surface area contributed by atoms with Gasteiger partial charge in [-0.3, -0.25) is 9.59 Å². The molecule has 1 unspecified atom stereocenters. The van der Waals surface area contributed by atoms with Gasteiger partial charge in [-0.2, -0.15) is 0 Å². The van der Waals surface area contributed by atoms with Crippen LogP contribution in [0.5, 0.6) is 11.5 Å². The standard InChI is InChI=1S/C15H12O5/c1-8-5-12(17)15-14(19-8)11(7-13(18)20-15)9-3-2-4-10(16)6-9/h2-6,11,16H,7H2,1H3. The van der Waals surface area contributed by atoms with Crippen LogP contribution in [0.25, 0.3) is 0 Å². The van der Waals surface area contributed by atoms with E-state index in [1.807, 2.05) is 0 Å². The van der Waals surface area contributed by atoms with Crippen molar-refractivity contribution in [3.63, 3.8) is 0 Å². The molecule has 0 bridgehead atoms. The maximum atomic E-state index is 11.9. The van der Waals surface area contributed by atoms with E-state index in [1.165, 1.54) is 12.1 Å². The number of carbonyl (C=O) groups excluding carboxylic acids is 1. The highest BCUT2D eigenvalue weighted by atomic mass is 16.5. The Balaban J connectivity index is 2.20. The summed E-state index contributed by atoms with van der Waals surface area (Å²) in [6.45, 7) is 1.66. The van der Waals surface area contributed by atoms with Crippen LogP contribution in [-0.2, 0) is 4.79 Å². The molecule has 20 heavy (non-hydrogen) atoms. The minimum Gasteiger partial charge on any atom is -0.508 e.